The molecule has 6 heteroatoms. The Morgan fingerprint density at radius 2 is 2.26 bits per heavy atom. The standard InChI is InChI=1S/C13H14ClN3O2/c14-12-3-1-4-13(17(18)19)11(12)9-16(8-2-7-15)10-5-6-10/h1,3-4,10H,2,5-6,8-9H2. The maximum atomic E-state index is 11.0. The van der Waals surface area contributed by atoms with Crippen LogP contribution in [0.15, 0.2) is 18.2 Å². The molecule has 1 aliphatic rings. The molecule has 0 N–H and O–H groups in total. The molecule has 0 radical (unpaired) electrons. The van der Waals surface area contributed by atoms with Crippen molar-refractivity contribution in [2.75, 3.05) is 6.54 Å². The number of benzene rings is 1. The van der Waals surface area contributed by atoms with Crippen molar-refractivity contribution in [3.05, 3.63) is 38.9 Å². The van der Waals surface area contributed by atoms with E-state index in [0.717, 1.165) is 12.8 Å². The lowest BCUT2D eigenvalue weighted by molar-refractivity contribution is -0.385. The number of rotatable bonds is 6. The Labute approximate surface area is 116 Å². The first-order valence-electron chi connectivity index (χ1n) is 6.16. The minimum Gasteiger partial charge on any atom is -0.295 e. The van der Waals surface area contributed by atoms with Gasteiger partial charge in [0.2, 0.25) is 0 Å². The van der Waals surface area contributed by atoms with Crippen molar-refractivity contribution in [3.63, 3.8) is 0 Å². The van der Waals surface area contributed by atoms with Crippen molar-refractivity contribution in [2.45, 2.75) is 31.8 Å². The van der Waals surface area contributed by atoms with Gasteiger partial charge in [0.15, 0.2) is 0 Å². The van der Waals surface area contributed by atoms with Crippen LogP contribution < -0.4 is 0 Å². The summed E-state index contributed by atoms with van der Waals surface area (Å²) >= 11 is 6.08. The highest BCUT2D eigenvalue weighted by molar-refractivity contribution is 6.31. The zero-order valence-electron chi connectivity index (χ0n) is 10.4. The monoisotopic (exact) mass is 279 g/mol. The molecule has 19 heavy (non-hydrogen) atoms. The largest absolute Gasteiger partial charge is 0.295 e. The summed E-state index contributed by atoms with van der Waals surface area (Å²) in [5.74, 6) is 0. The van der Waals surface area contributed by atoms with Crippen molar-refractivity contribution in [1.29, 1.82) is 5.26 Å². The summed E-state index contributed by atoms with van der Waals surface area (Å²) in [5, 5.41) is 20.1. The predicted octanol–water partition coefficient (Wildman–Crippen LogP) is 3.13. The van der Waals surface area contributed by atoms with Gasteiger partial charge in [0.25, 0.3) is 5.69 Å². The van der Waals surface area contributed by atoms with Crippen LogP contribution in [-0.2, 0) is 6.54 Å². The fraction of sp³-hybridized carbons (Fsp3) is 0.462. The molecule has 1 aromatic carbocycles. The fourth-order valence-corrected chi connectivity index (χ4v) is 2.33. The number of halogens is 1. The second-order valence-electron chi connectivity index (χ2n) is 4.60. The normalized spacial score (nSPS) is 14.4. The molecular formula is C13H14ClN3O2. The highest BCUT2D eigenvalue weighted by Gasteiger charge is 2.30. The molecule has 0 bridgehead atoms. The van der Waals surface area contributed by atoms with Crippen molar-refractivity contribution in [3.8, 4) is 6.07 Å². The molecule has 1 saturated carbocycles. The summed E-state index contributed by atoms with van der Waals surface area (Å²) in [4.78, 5) is 12.7. The van der Waals surface area contributed by atoms with Crippen LogP contribution in [0, 0.1) is 21.4 Å². The van der Waals surface area contributed by atoms with E-state index in [-0.39, 0.29) is 5.69 Å². The first-order valence-corrected chi connectivity index (χ1v) is 6.54. The molecule has 1 aliphatic carbocycles. The van der Waals surface area contributed by atoms with Crippen molar-refractivity contribution < 1.29 is 4.92 Å². The Morgan fingerprint density at radius 3 is 2.84 bits per heavy atom. The van der Waals surface area contributed by atoms with E-state index in [1.165, 1.54) is 6.07 Å². The number of nitro benzene ring substituents is 1. The molecule has 100 valence electrons. The number of hydrogen-bond acceptors (Lipinski definition) is 4. The summed E-state index contributed by atoms with van der Waals surface area (Å²) in [6, 6.07) is 7.26. The predicted molar refractivity (Wildman–Crippen MR) is 71.8 cm³/mol. The van der Waals surface area contributed by atoms with Gasteiger partial charge >= 0.3 is 0 Å². The lowest BCUT2D eigenvalue weighted by Crippen LogP contribution is -2.27. The van der Waals surface area contributed by atoms with E-state index in [0.29, 0.717) is 36.1 Å². The molecule has 0 heterocycles. The van der Waals surface area contributed by atoms with Crippen LogP contribution in [0.4, 0.5) is 5.69 Å². The summed E-state index contributed by atoms with van der Waals surface area (Å²) in [6.45, 7) is 1.06. The van der Waals surface area contributed by atoms with E-state index in [1.54, 1.807) is 12.1 Å². The lowest BCUT2D eigenvalue weighted by atomic mass is 10.1. The summed E-state index contributed by atoms with van der Waals surface area (Å²) in [5.41, 5.74) is 0.592. The van der Waals surface area contributed by atoms with Gasteiger partial charge in [-0.3, -0.25) is 15.0 Å². The van der Waals surface area contributed by atoms with Crippen LogP contribution in [0.1, 0.15) is 24.8 Å². The molecule has 0 atom stereocenters. The van der Waals surface area contributed by atoms with Crippen LogP contribution in [0.25, 0.3) is 0 Å². The Morgan fingerprint density at radius 1 is 1.53 bits per heavy atom. The zero-order chi connectivity index (χ0) is 13.8. The third kappa shape index (κ3) is 3.43. The topological polar surface area (TPSA) is 70.2 Å². The van der Waals surface area contributed by atoms with Crippen molar-refractivity contribution in [2.24, 2.45) is 0 Å². The van der Waals surface area contributed by atoms with E-state index in [9.17, 15) is 10.1 Å². The molecule has 0 amide bonds. The van der Waals surface area contributed by atoms with Gasteiger partial charge in [-0.05, 0) is 18.9 Å². The highest BCUT2D eigenvalue weighted by Crippen LogP contribution is 2.33. The number of nitrogens with zero attached hydrogens (tertiary/aromatic N) is 3. The molecule has 1 fully saturated rings. The van der Waals surface area contributed by atoms with Gasteiger partial charge in [-0.25, -0.2) is 0 Å². The third-order valence-electron chi connectivity index (χ3n) is 3.23. The van der Waals surface area contributed by atoms with Crippen LogP contribution in [0.5, 0.6) is 0 Å². The SMILES string of the molecule is N#CCCN(Cc1c(Cl)cccc1[N+](=O)[O-])C1CC1. The average Bonchev–Trinajstić information content (AvgIpc) is 3.20. The van der Waals surface area contributed by atoms with E-state index in [4.69, 9.17) is 16.9 Å². The van der Waals surface area contributed by atoms with Crippen molar-refractivity contribution in [1.82, 2.24) is 4.90 Å². The average molecular weight is 280 g/mol. The Bertz CT molecular complexity index is 523. The molecule has 5 nitrogen and oxygen atoms in total. The summed E-state index contributed by atoms with van der Waals surface area (Å²) in [7, 11) is 0. The zero-order valence-corrected chi connectivity index (χ0v) is 11.1. The molecule has 0 unspecified atom stereocenters. The van der Waals surface area contributed by atoms with Gasteiger partial charge in [0.1, 0.15) is 0 Å². The van der Waals surface area contributed by atoms with Crippen LogP contribution in [-0.4, -0.2) is 22.4 Å². The first kappa shape index (κ1) is 13.8. The van der Waals surface area contributed by atoms with Crippen molar-refractivity contribution >= 4 is 17.3 Å². The van der Waals surface area contributed by atoms with E-state index in [1.807, 2.05) is 0 Å². The first-order chi connectivity index (χ1) is 9.13. The Balaban J connectivity index is 2.20. The van der Waals surface area contributed by atoms with E-state index >= 15 is 0 Å². The number of nitriles is 1. The fourth-order valence-electron chi connectivity index (χ4n) is 2.10. The Kier molecular flexibility index (Phi) is 4.35. The minimum atomic E-state index is -0.406. The van der Waals surface area contributed by atoms with Gasteiger partial charge in [0.05, 0.1) is 21.6 Å². The molecule has 0 aliphatic heterocycles. The van der Waals surface area contributed by atoms with Crippen LogP contribution >= 0.6 is 11.6 Å². The smallest absolute Gasteiger partial charge is 0.275 e. The minimum absolute atomic E-state index is 0.0510. The molecular weight excluding hydrogens is 266 g/mol. The Hall–Kier alpha value is -1.64. The molecule has 1 aromatic rings. The van der Waals surface area contributed by atoms with Gasteiger partial charge in [0, 0.05) is 31.6 Å². The molecule has 2 rings (SSSR count). The second kappa shape index (κ2) is 6.00. The highest BCUT2D eigenvalue weighted by atomic mass is 35.5. The molecule has 0 saturated heterocycles. The number of nitro groups is 1. The maximum Gasteiger partial charge on any atom is 0.275 e. The van der Waals surface area contributed by atoms with Gasteiger partial charge in [-0.1, -0.05) is 17.7 Å². The summed E-state index contributed by atoms with van der Waals surface area (Å²) < 4.78 is 0. The quantitative estimate of drug-likeness (QED) is 0.592. The maximum absolute atomic E-state index is 11.0. The van der Waals surface area contributed by atoms with E-state index in [2.05, 4.69) is 11.0 Å². The van der Waals surface area contributed by atoms with Gasteiger partial charge in [-0.15, -0.1) is 0 Å². The molecule has 0 aromatic heterocycles. The molecule has 0 spiro atoms. The third-order valence-corrected chi connectivity index (χ3v) is 3.58. The van der Waals surface area contributed by atoms with Gasteiger partial charge in [-0.2, -0.15) is 5.26 Å². The van der Waals surface area contributed by atoms with Crippen LogP contribution in [0.2, 0.25) is 5.02 Å². The number of hydrogen-bond donors (Lipinski definition) is 0. The lowest BCUT2D eigenvalue weighted by Gasteiger charge is -2.21. The van der Waals surface area contributed by atoms with E-state index < -0.39 is 4.92 Å². The summed E-state index contributed by atoms with van der Waals surface area (Å²) in [6.07, 6.45) is 2.60. The second-order valence-corrected chi connectivity index (χ2v) is 5.01. The van der Waals surface area contributed by atoms with Gasteiger partial charge < -0.3 is 0 Å². The van der Waals surface area contributed by atoms with Crippen LogP contribution in [0.3, 0.4) is 0 Å².